The van der Waals surface area contributed by atoms with Gasteiger partial charge in [0.05, 0.1) is 6.42 Å². The third-order valence-corrected chi connectivity index (χ3v) is 2.20. The van der Waals surface area contributed by atoms with Crippen molar-refractivity contribution >= 4 is 11.6 Å². The largest absolute Gasteiger partial charge is 0.299 e. The Hall–Kier alpha value is -0.660. The first-order valence-corrected chi connectivity index (χ1v) is 5.13. The van der Waals surface area contributed by atoms with Crippen molar-refractivity contribution in [2.45, 2.75) is 52.9 Å². The van der Waals surface area contributed by atoms with Crippen molar-refractivity contribution in [3.8, 4) is 0 Å². The monoisotopic (exact) mass is 184 g/mol. The van der Waals surface area contributed by atoms with Crippen LogP contribution in [-0.2, 0) is 9.59 Å². The molecule has 76 valence electrons. The van der Waals surface area contributed by atoms with Gasteiger partial charge in [0.1, 0.15) is 11.6 Å². The number of hydrogen-bond donors (Lipinski definition) is 0. The van der Waals surface area contributed by atoms with Crippen molar-refractivity contribution in [1.82, 2.24) is 0 Å². The Kier molecular flexibility index (Phi) is 6.47. The van der Waals surface area contributed by atoms with Crippen LogP contribution in [0.4, 0.5) is 0 Å². The van der Waals surface area contributed by atoms with Crippen LogP contribution in [0, 0.1) is 5.92 Å². The fourth-order valence-corrected chi connectivity index (χ4v) is 1.19. The highest BCUT2D eigenvalue weighted by Gasteiger charge is 2.11. The van der Waals surface area contributed by atoms with Gasteiger partial charge in [0.15, 0.2) is 0 Å². The van der Waals surface area contributed by atoms with E-state index in [4.69, 9.17) is 0 Å². The first kappa shape index (κ1) is 12.3. The maximum Gasteiger partial charge on any atom is 0.140 e. The van der Waals surface area contributed by atoms with Gasteiger partial charge in [-0.25, -0.2) is 0 Å². The zero-order valence-electron chi connectivity index (χ0n) is 8.93. The molecule has 0 saturated carbocycles. The fraction of sp³-hybridized carbons (Fsp3) is 0.818. The highest BCUT2D eigenvalue weighted by molar-refractivity contribution is 5.99. The summed E-state index contributed by atoms with van der Waals surface area (Å²) < 4.78 is 0. The summed E-state index contributed by atoms with van der Waals surface area (Å²) in [6.45, 7) is 6.06. The molecule has 13 heavy (non-hydrogen) atoms. The summed E-state index contributed by atoms with van der Waals surface area (Å²) in [5.41, 5.74) is 0. The second kappa shape index (κ2) is 6.81. The van der Waals surface area contributed by atoms with Crippen LogP contribution in [0.1, 0.15) is 52.9 Å². The van der Waals surface area contributed by atoms with E-state index in [1.54, 1.807) is 0 Å². The molecule has 0 bridgehead atoms. The quantitative estimate of drug-likeness (QED) is 0.570. The molecule has 0 aliphatic rings. The van der Waals surface area contributed by atoms with Crippen LogP contribution in [0.2, 0.25) is 0 Å². The normalized spacial score (nSPS) is 12.5. The SMILES string of the molecule is CCCC(=O)CC(=O)CC(C)CC. The maximum atomic E-state index is 11.3. The van der Waals surface area contributed by atoms with Crippen LogP contribution in [0.25, 0.3) is 0 Å². The number of Topliss-reactive ketones (excluding diaryl/α,β-unsaturated/α-hetero) is 2. The minimum Gasteiger partial charge on any atom is -0.299 e. The number of hydrogen-bond acceptors (Lipinski definition) is 2. The van der Waals surface area contributed by atoms with Gasteiger partial charge in [0.25, 0.3) is 0 Å². The Balaban J connectivity index is 3.67. The Morgan fingerprint density at radius 1 is 1.15 bits per heavy atom. The van der Waals surface area contributed by atoms with Crippen LogP contribution in [-0.4, -0.2) is 11.6 Å². The molecule has 0 aromatic heterocycles. The van der Waals surface area contributed by atoms with Gasteiger partial charge in [0, 0.05) is 12.8 Å². The molecule has 0 saturated heterocycles. The maximum absolute atomic E-state index is 11.3. The number of carbonyl (C=O) groups excluding carboxylic acids is 2. The number of rotatable bonds is 7. The summed E-state index contributed by atoms with van der Waals surface area (Å²) in [6, 6.07) is 0. The standard InChI is InChI=1S/C11H20O2/c1-4-6-10(12)8-11(13)7-9(3)5-2/h9H,4-8H2,1-3H3. The van der Waals surface area contributed by atoms with E-state index in [1.165, 1.54) is 0 Å². The smallest absolute Gasteiger partial charge is 0.140 e. The van der Waals surface area contributed by atoms with E-state index >= 15 is 0 Å². The van der Waals surface area contributed by atoms with Crippen LogP contribution in [0.3, 0.4) is 0 Å². The van der Waals surface area contributed by atoms with Crippen LogP contribution < -0.4 is 0 Å². The molecule has 0 amide bonds. The summed E-state index contributed by atoms with van der Waals surface area (Å²) in [5.74, 6) is 0.616. The first-order valence-electron chi connectivity index (χ1n) is 5.13. The summed E-state index contributed by atoms with van der Waals surface area (Å²) >= 11 is 0. The molecule has 0 N–H and O–H groups in total. The first-order chi connectivity index (χ1) is 6.10. The summed E-state index contributed by atoms with van der Waals surface area (Å²) in [4.78, 5) is 22.4. The number of ketones is 2. The lowest BCUT2D eigenvalue weighted by molar-refractivity contribution is -0.127. The Morgan fingerprint density at radius 2 is 1.77 bits per heavy atom. The van der Waals surface area contributed by atoms with E-state index in [-0.39, 0.29) is 18.0 Å². The molecule has 0 aromatic rings. The molecule has 1 atom stereocenters. The molecule has 0 radical (unpaired) electrons. The van der Waals surface area contributed by atoms with Crippen LogP contribution in [0.5, 0.6) is 0 Å². The summed E-state index contributed by atoms with van der Waals surface area (Å²) in [7, 11) is 0. The predicted octanol–water partition coefficient (Wildman–Crippen LogP) is 2.75. The molecule has 2 heteroatoms. The van der Waals surface area contributed by atoms with Crippen molar-refractivity contribution in [1.29, 1.82) is 0 Å². The Labute approximate surface area is 80.7 Å². The minimum absolute atomic E-state index is 0.0933. The van der Waals surface area contributed by atoms with Gasteiger partial charge in [-0.2, -0.15) is 0 Å². The molecular weight excluding hydrogens is 164 g/mol. The van der Waals surface area contributed by atoms with Crippen molar-refractivity contribution in [3.05, 3.63) is 0 Å². The predicted molar refractivity (Wildman–Crippen MR) is 53.6 cm³/mol. The molecular formula is C11H20O2. The lowest BCUT2D eigenvalue weighted by Crippen LogP contribution is -2.10. The van der Waals surface area contributed by atoms with Crippen molar-refractivity contribution in [3.63, 3.8) is 0 Å². The molecule has 0 spiro atoms. The molecule has 0 aromatic carbocycles. The van der Waals surface area contributed by atoms with E-state index < -0.39 is 0 Å². The van der Waals surface area contributed by atoms with E-state index in [0.29, 0.717) is 18.8 Å². The second-order valence-corrected chi connectivity index (χ2v) is 3.72. The van der Waals surface area contributed by atoms with Crippen LogP contribution >= 0.6 is 0 Å². The highest BCUT2D eigenvalue weighted by Crippen LogP contribution is 2.09. The fourth-order valence-electron chi connectivity index (χ4n) is 1.19. The summed E-state index contributed by atoms with van der Waals surface area (Å²) in [5, 5.41) is 0. The lowest BCUT2D eigenvalue weighted by atomic mass is 9.98. The lowest BCUT2D eigenvalue weighted by Gasteiger charge is -2.05. The van der Waals surface area contributed by atoms with Gasteiger partial charge in [-0.15, -0.1) is 0 Å². The minimum atomic E-state index is 0.0933. The molecule has 0 fully saturated rings. The Bertz CT molecular complexity index is 173. The van der Waals surface area contributed by atoms with Gasteiger partial charge in [0.2, 0.25) is 0 Å². The van der Waals surface area contributed by atoms with Gasteiger partial charge in [-0.1, -0.05) is 27.2 Å². The molecule has 2 nitrogen and oxygen atoms in total. The third-order valence-electron chi connectivity index (χ3n) is 2.20. The van der Waals surface area contributed by atoms with E-state index in [9.17, 15) is 9.59 Å². The topological polar surface area (TPSA) is 34.1 Å². The zero-order chi connectivity index (χ0) is 10.3. The second-order valence-electron chi connectivity index (χ2n) is 3.72. The van der Waals surface area contributed by atoms with Gasteiger partial charge in [-0.05, 0) is 12.3 Å². The van der Waals surface area contributed by atoms with Gasteiger partial charge >= 0.3 is 0 Å². The van der Waals surface area contributed by atoms with E-state index in [2.05, 4.69) is 6.92 Å². The van der Waals surface area contributed by atoms with Crippen LogP contribution in [0.15, 0.2) is 0 Å². The molecule has 0 aliphatic heterocycles. The average molecular weight is 184 g/mol. The number of carbonyl (C=O) groups is 2. The van der Waals surface area contributed by atoms with Gasteiger partial charge in [-0.3, -0.25) is 9.59 Å². The average Bonchev–Trinajstić information content (AvgIpc) is 2.04. The van der Waals surface area contributed by atoms with E-state index in [0.717, 1.165) is 12.8 Å². The third kappa shape index (κ3) is 6.50. The Morgan fingerprint density at radius 3 is 2.23 bits per heavy atom. The zero-order valence-corrected chi connectivity index (χ0v) is 8.93. The van der Waals surface area contributed by atoms with Gasteiger partial charge < -0.3 is 0 Å². The highest BCUT2D eigenvalue weighted by atomic mass is 16.1. The summed E-state index contributed by atoms with van der Waals surface area (Å²) in [6.07, 6.45) is 3.11. The van der Waals surface area contributed by atoms with Crippen molar-refractivity contribution in [2.75, 3.05) is 0 Å². The molecule has 1 unspecified atom stereocenters. The van der Waals surface area contributed by atoms with Crippen molar-refractivity contribution < 1.29 is 9.59 Å². The van der Waals surface area contributed by atoms with Crippen molar-refractivity contribution in [2.24, 2.45) is 5.92 Å². The molecule has 0 rings (SSSR count). The molecule has 0 aliphatic carbocycles. The van der Waals surface area contributed by atoms with E-state index in [1.807, 2.05) is 13.8 Å². The molecule has 0 heterocycles.